The Kier molecular flexibility index (Phi) is 5.81. The number of nitrogen functional groups attached to an aromatic ring is 1. The number of carbonyl (C=O) groups is 2. The molecule has 10 heteroatoms. The maximum atomic E-state index is 13.2. The zero-order valence-corrected chi connectivity index (χ0v) is 18.0. The van der Waals surface area contributed by atoms with Crippen LogP contribution in [0.1, 0.15) is 65.1 Å². The predicted molar refractivity (Wildman–Crippen MR) is 119 cm³/mol. The number of nitrogens with zero attached hydrogens (tertiary/aromatic N) is 2. The summed E-state index contributed by atoms with van der Waals surface area (Å²) in [5.41, 5.74) is 6.48. The molecular weight excluding hydrogens is 418 g/mol. The third kappa shape index (κ3) is 4.20. The van der Waals surface area contributed by atoms with Crippen molar-refractivity contribution in [3.05, 3.63) is 44.0 Å². The number of thiophene rings is 1. The Morgan fingerprint density at radius 3 is 2.77 bits per heavy atom. The molecule has 1 amide bonds. The number of hydrogen-bond acceptors (Lipinski definition) is 6. The number of H-pyrrole nitrogens is 2. The molecule has 3 heterocycles. The first-order valence-corrected chi connectivity index (χ1v) is 11.2. The highest BCUT2D eigenvalue weighted by atomic mass is 32.1. The van der Waals surface area contributed by atoms with Gasteiger partial charge in [-0.3, -0.25) is 19.4 Å². The highest BCUT2D eigenvalue weighted by Crippen LogP contribution is 2.34. The van der Waals surface area contributed by atoms with Crippen molar-refractivity contribution in [3.8, 4) is 0 Å². The number of anilines is 1. The zero-order valence-electron chi connectivity index (χ0n) is 17.2. The lowest BCUT2D eigenvalue weighted by molar-refractivity contribution is -0.138. The Bertz CT molecular complexity index is 1170. The van der Waals surface area contributed by atoms with Crippen LogP contribution in [-0.4, -0.2) is 49.4 Å². The smallest absolute Gasteiger partial charge is 0.323 e. The Morgan fingerprint density at radius 2 is 2.06 bits per heavy atom. The van der Waals surface area contributed by atoms with E-state index in [1.807, 2.05) is 13.0 Å². The fourth-order valence-corrected chi connectivity index (χ4v) is 5.36. The summed E-state index contributed by atoms with van der Waals surface area (Å²) < 4.78 is 0. The van der Waals surface area contributed by atoms with Crippen LogP contribution in [-0.2, 0) is 4.79 Å². The van der Waals surface area contributed by atoms with Crippen molar-refractivity contribution in [2.24, 2.45) is 0 Å². The molecule has 9 nitrogen and oxygen atoms in total. The molecule has 1 unspecified atom stereocenters. The van der Waals surface area contributed by atoms with Crippen LogP contribution in [0.4, 0.5) is 5.95 Å². The van der Waals surface area contributed by atoms with E-state index in [1.165, 1.54) is 16.2 Å². The molecule has 0 aromatic carbocycles. The van der Waals surface area contributed by atoms with Crippen molar-refractivity contribution in [1.29, 1.82) is 0 Å². The molecule has 0 aliphatic heterocycles. The van der Waals surface area contributed by atoms with Gasteiger partial charge in [0.2, 0.25) is 5.95 Å². The normalized spacial score (nSPS) is 15.8. The summed E-state index contributed by atoms with van der Waals surface area (Å²) in [6.07, 6.45) is 6.54. The maximum Gasteiger partial charge on any atom is 0.323 e. The van der Waals surface area contributed by atoms with E-state index in [1.54, 1.807) is 12.3 Å². The van der Waals surface area contributed by atoms with Gasteiger partial charge < -0.3 is 20.7 Å². The van der Waals surface area contributed by atoms with E-state index in [-0.39, 0.29) is 35.9 Å². The van der Waals surface area contributed by atoms with Crippen LogP contribution in [0.5, 0.6) is 0 Å². The standard InChI is InChI=1S/C21H25N5O4S/c1-11(13-9-23-18-17(13)19(29)25-21(22)24-18)14-7-8-15(31-14)20(30)26(10-16(27)28)12-5-3-2-4-6-12/h7-9,11-12H,2-6,10H2,1H3,(H,27,28)(H4,22,23,24,25,29). The Morgan fingerprint density at radius 1 is 1.32 bits per heavy atom. The molecule has 4 rings (SSSR count). The van der Waals surface area contributed by atoms with Crippen LogP contribution in [0.2, 0.25) is 0 Å². The van der Waals surface area contributed by atoms with Crippen molar-refractivity contribution >= 4 is 40.2 Å². The van der Waals surface area contributed by atoms with E-state index in [2.05, 4.69) is 15.0 Å². The molecule has 1 atom stereocenters. The lowest BCUT2D eigenvalue weighted by Crippen LogP contribution is -2.44. The fraction of sp³-hybridized carbons (Fsp3) is 0.429. The van der Waals surface area contributed by atoms with E-state index in [9.17, 15) is 19.5 Å². The van der Waals surface area contributed by atoms with Gasteiger partial charge in [0.05, 0.1) is 10.3 Å². The van der Waals surface area contributed by atoms with Crippen LogP contribution in [0, 0.1) is 0 Å². The van der Waals surface area contributed by atoms with Gasteiger partial charge >= 0.3 is 5.97 Å². The first-order valence-electron chi connectivity index (χ1n) is 10.3. The van der Waals surface area contributed by atoms with E-state index in [4.69, 9.17) is 5.73 Å². The number of aliphatic carboxylic acids is 1. The summed E-state index contributed by atoms with van der Waals surface area (Å²) in [6, 6.07) is 3.57. The van der Waals surface area contributed by atoms with Crippen molar-refractivity contribution in [1.82, 2.24) is 19.9 Å². The van der Waals surface area contributed by atoms with Gasteiger partial charge in [0, 0.05) is 23.0 Å². The summed E-state index contributed by atoms with van der Waals surface area (Å²) in [5.74, 6) is -1.36. The van der Waals surface area contributed by atoms with Gasteiger partial charge in [-0.15, -0.1) is 11.3 Å². The second-order valence-corrected chi connectivity index (χ2v) is 9.08. The third-order valence-electron chi connectivity index (χ3n) is 5.90. The first-order chi connectivity index (χ1) is 14.8. The van der Waals surface area contributed by atoms with Crippen molar-refractivity contribution in [2.45, 2.75) is 51.0 Å². The van der Waals surface area contributed by atoms with Crippen LogP contribution in [0.3, 0.4) is 0 Å². The summed E-state index contributed by atoms with van der Waals surface area (Å²) in [7, 11) is 0. The van der Waals surface area contributed by atoms with Crippen molar-refractivity contribution in [3.63, 3.8) is 0 Å². The van der Waals surface area contributed by atoms with Gasteiger partial charge in [-0.2, -0.15) is 4.98 Å². The third-order valence-corrected chi connectivity index (χ3v) is 7.16. The number of nitrogens with one attached hydrogen (secondary N) is 2. The largest absolute Gasteiger partial charge is 0.480 e. The number of fused-ring (bicyclic) bond motifs is 1. The molecule has 0 spiro atoms. The molecule has 164 valence electrons. The van der Waals surface area contributed by atoms with Crippen LogP contribution >= 0.6 is 11.3 Å². The first kappa shape index (κ1) is 21.1. The molecule has 0 radical (unpaired) electrons. The molecule has 0 saturated heterocycles. The van der Waals surface area contributed by atoms with E-state index >= 15 is 0 Å². The summed E-state index contributed by atoms with van der Waals surface area (Å²) in [5, 5.41) is 9.78. The molecule has 5 N–H and O–H groups in total. The number of carboxylic acids is 1. The number of nitrogens with two attached hydrogens (primary N) is 1. The van der Waals surface area contributed by atoms with Crippen molar-refractivity contribution < 1.29 is 14.7 Å². The highest BCUT2D eigenvalue weighted by molar-refractivity contribution is 7.14. The molecule has 1 aliphatic carbocycles. The number of amides is 1. The zero-order chi connectivity index (χ0) is 22.1. The maximum absolute atomic E-state index is 13.2. The van der Waals surface area contributed by atoms with Gasteiger partial charge in [0.25, 0.3) is 11.5 Å². The number of aromatic nitrogens is 3. The van der Waals surface area contributed by atoms with E-state index < -0.39 is 5.97 Å². The quantitative estimate of drug-likeness (QED) is 0.461. The van der Waals surface area contributed by atoms with E-state index in [0.717, 1.165) is 42.5 Å². The Labute approximate surface area is 182 Å². The molecule has 1 saturated carbocycles. The van der Waals surface area contributed by atoms with Gasteiger partial charge in [-0.05, 0) is 30.5 Å². The van der Waals surface area contributed by atoms with Gasteiger partial charge in [0.1, 0.15) is 12.2 Å². The lowest BCUT2D eigenvalue weighted by atomic mass is 9.94. The summed E-state index contributed by atoms with van der Waals surface area (Å²) >= 11 is 1.33. The number of carboxylic acid groups (broad SMARTS) is 1. The van der Waals surface area contributed by atoms with Gasteiger partial charge in [0.15, 0.2) is 0 Å². The molecule has 0 bridgehead atoms. The van der Waals surface area contributed by atoms with Crippen LogP contribution < -0.4 is 11.3 Å². The Hall–Kier alpha value is -3.14. The van der Waals surface area contributed by atoms with Crippen molar-refractivity contribution in [2.75, 3.05) is 12.3 Å². The average molecular weight is 444 g/mol. The number of carbonyl (C=O) groups excluding carboxylic acids is 1. The average Bonchev–Trinajstić information content (AvgIpc) is 3.39. The minimum atomic E-state index is -1.01. The summed E-state index contributed by atoms with van der Waals surface area (Å²) in [6.45, 7) is 1.66. The minimum Gasteiger partial charge on any atom is -0.480 e. The van der Waals surface area contributed by atoms with Crippen LogP contribution in [0.25, 0.3) is 11.0 Å². The molecule has 31 heavy (non-hydrogen) atoms. The monoisotopic (exact) mass is 443 g/mol. The van der Waals surface area contributed by atoms with Gasteiger partial charge in [-0.25, -0.2) is 0 Å². The molecular formula is C21H25N5O4S. The summed E-state index contributed by atoms with van der Waals surface area (Å²) in [4.78, 5) is 49.5. The molecule has 1 fully saturated rings. The topological polar surface area (TPSA) is 145 Å². The Balaban J connectivity index is 1.61. The fourth-order valence-electron chi connectivity index (χ4n) is 4.32. The minimum absolute atomic E-state index is 0.0379. The second-order valence-electron chi connectivity index (χ2n) is 7.96. The molecule has 3 aromatic rings. The van der Waals surface area contributed by atoms with Gasteiger partial charge in [-0.1, -0.05) is 26.2 Å². The molecule has 3 aromatic heterocycles. The number of aromatic amines is 2. The lowest BCUT2D eigenvalue weighted by Gasteiger charge is -2.33. The SMILES string of the molecule is CC(c1ccc(C(=O)N(CC(=O)O)C2CCCCC2)s1)c1c[nH]c2nc(N)[nH]c(=O)c12. The van der Waals surface area contributed by atoms with E-state index in [0.29, 0.717) is 15.9 Å². The predicted octanol–water partition coefficient (Wildman–Crippen LogP) is 2.91. The highest BCUT2D eigenvalue weighted by Gasteiger charge is 2.29. The number of hydrogen-bond donors (Lipinski definition) is 4. The van der Waals surface area contributed by atoms with Crippen LogP contribution in [0.15, 0.2) is 23.1 Å². The number of rotatable bonds is 6. The molecule has 1 aliphatic rings. The second kappa shape index (κ2) is 8.54.